The van der Waals surface area contributed by atoms with Crippen LogP contribution >= 0.6 is 0 Å². The lowest BCUT2D eigenvalue weighted by Crippen LogP contribution is -2.09. The lowest BCUT2D eigenvalue weighted by molar-refractivity contribution is 0.579. The first-order chi connectivity index (χ1) is 9.81. The van der Waals surface area contributed by atoms with E-state index in [4.69, 9.17) is 10.7 Å². The van der Waals surface area contributed by atoms with Gasteiger partial charge in [0.25, 0.3) is 0 Å². The van der Waals surface area contributed by atoms with Crippen molar-refractivity contribution < 1.29 is 0 Å². The number of hydrogen-bond acceptors (Lipinski definition) is 2. The van der Waals surface area contributed by atoms with Crippen LogP contribution in [0.3, 0.4) is 0 Å². The van der Waals surface area contributed by atoms with Crippen LogP contribution in [0.25, 0.3) is 11.3 Å². The molecule has 1 saturated carbocycles. The van der Waals surface area contributed by atoms with E-state index in [1.54, 1.807) is 0 Å². The first-order valence-electron chi connectivity index (χ1n) is 7.72. The Morgan fingerprint density at radius 3 is 2.55 bits per heavy atom. The minimum atomic E-state index is 0.598. The molecule has 0 radical (unpaired) electrons. The average Bonchev–Trinajstić information content (AvgIpc) is 3.10. The molecule has 0 aliphatic heterocycles. The van der Waals surface area contributed by atoms with E-state index < -0.39 is 0 Å². The third-order valence-corrected chi connectivity index (χ3v) is 4.25. The Morgan fingerprint density at radius 2 is 1.90 bits per heavy atom. The highest BCUT2D eigenvalue weighted by atomic mass is 15.1. The summed E-state index contributed by atoms with van der Waals surface area (Å²) < 4.78 is 2.25. The quantitative estimate of drug-likeness (QED) is 0.904. The molecule has 0 amide bonds. The molecular weight excluding hydrogens is 246 g/mol. The number of nitrogens with two attached hydrogens (primary N) is 1. The average molecular weight is 269 g/mol. The number of rotatable bonds is 4. The summed E-state index contributed by atoms with van der Waals surface area (Å²) in [7, 11) is 0. The van der Waals surface area contributed by atoms with Crippen LogP contribution in [0, 0.1) is 0 Å². The van der Waals surface area contributed by atoms with Crippen molar-refractivity contribution in [2.75, 3.05) is 5.73 Å². The molecule has 106 valence electrons. The van der Waals surface area contributed by atoms with Gasteiger partial charge in [-0.2, -0.15) is 0 Å². The SMILES string of the molecule is CCCn1c(C2CCCC2)nc(-c2ccccc2)c1N. The van der Waals surface area contributed by atoms with E-state index in [1.807, 2.05) is 18.2 Å². The molecule has 0 bridgehead atoms. The highest BCUT2D eigenvalue weighted by Gasteiger charge is 2.25. The zero-order valence-electron chi connectivity index (χ0n) is 12.2. The molecule has 2 N–H and O–H groups in total. The first-order valence-corrected chi connectivity index (χ1v) is 7.72. The second-order valence-electron chi connectivity index (χ2n) is 5.70. The largest absolute Gasteiger partial charge is 0.383 e. The maximum atomic E-state index is 6.39. The molecular formula is C17H23N3. The minimum Gasteiger partial charge on any atom is -0.383 e. The molecule has 3 heteroatoms. The van der Waals surface area contributed by atoms with Gasteiger partial charge in [0.15, 0.2) is 0 Å². The van der Waals surface area contributed by atoms with E-state index in [9.17, 15) is 0 Å². The van der Waals surface area contributed by atoms with Gasteiger partial charge < -0.3 is 10.3 Å². The van der Waals surface area contributed by atoms with Gasteiger partial charge in [0.2, 0.25) is 0 Å². The number of anilines is 1. The highest BCUT2D eigenvalue weighted by Crippen LogP contribution is 2.37. The van der Waals surface area contributed by atoms with Gasteiger partial charge in [0.1, 0.15) is 17.3 Å². The number of nitrogens with zero attached hydrogens (tertiary/aromatic N) is 2. The molecule has 3 nitrogen and oxygen atoms in total. The predicted molar refractivity (Wildman–Crippen MR) is 83.6 cm³/mol. The molecule has 0 saturated heterocycles. The zero-order chi connectivity index (χ0) is 13.9. The van der Waals surface area contributed by atoms with Crippen LogP contribution in [0.5, 0.6) is 0 Å². The van der Waals surface area contributed by atoms with E-state index in [2.05, 4.69) is 23.6 Å². The Hall–Kier alpha value is -1.77. The fourth-order valence-corrected chi connectivity index (χ4v) is 3.25. The Balaban J connectivity index is 2.05. The van der Waals surface area contributed by atoms with Crippen LogP contribution < -0.4 is 5.73 Å². The first kappa shape index (κ1) is 13.2. The summed E-state index contributed by atoms with van der Waals surface area (Å²) >= 11 is 0. The lowest BCUT2D eigenvalue weighted by Gasteiger charge is -2.12. The molecule has 1 fully saturated rings. The molecule has 0 unspecified atom stereocenters. The van der Waals surface area contributed by atoms with Crippen LogP contribution in [0.1, 0.15) is 50.8 Å². The van der Waals surface area contributed by atoms with E-state index in [0.29, 0.717) is 5.92 Å². The van der Waals surface area contributed by atoms with E-state index >= 15 is 0 Å². The van der Waals surface area contributed by atoms with Gasteiger partial charge in [-0.1, -0.05) is 50.1 Å². The van der Waals surface area contributed by atoms with Crippen molar-refractivity contribution in [2.24, 2.45) is 0 Å². The van der Waals surface area contributed by atoms with Gasteiger partial charge in [-0.3, -0.25) is 0 Å². The number of hydrogen-bond donors (Lipinski definition) is 1. The Morgan fingerprint density at radius 1 is 1.20 bits per heavy atom. The summed E-state index contributed by atoms with van der Waals surface area (Å²) in [5, 5.41) is 0. The van der Waals surface area contributed by atoms with Crippen molar-refractivity contribution in [1.82, 2.24) is 9.55 Å². The van der Waals surface area contributed by atoms with Crippen molar-refractivity contribution >= 4 is 5.82 Å². The van der Waals surface area contributed by atoms with Crippen molar-refractivity contribution in [1.29, 1.82) is 0 Å². The lowest BCUT2D eigenvalue weighted by atomic mass is 10.1. The van der Waals surface area contributed by atoms with E-state index in [0.717, 1.165) is 30.0 Å². The zero-order valence-corrected chi connectivity index (χ0v) is 12.2. The maximum Gasteiger partial charge on any atom is 0.131 e. The predicted octanol–water partition coefficient (Wildman–Crippen LogP) is 4.20. The molecule has 0 spiro atoms. The van der Waals surface area contributed by atoms with Crippen molar-refractivity contribution in [2.45, 2.75) is 51.5 Å². The summed E-state index contributed by atoms with van der Waals surface area (Å²) in [6.07, 6.45) is 6.26. The minimum absolute atomic E-state index is 0.598. The topological polar surface area (TPSA) is 43.8 Å². The highest BCUT2D eigenvalue weighted by molar-refractivity contribution is 5.71. The summed E-state index contributed by atoms with van der Waals surface area (Å²) in [5.41, 5.74) is 8.47. The smallest absolute Gasteiger partial charge is 0.131 e. The van der Waals surface area contributed by atoms with Gasteiger partial charge in [0, 0.05) is 18.0 Å². The molecule has 1 aliphatic rings. The van der Waals surface area contributed by atoms with Gasteiger partial charge in [0.05, 0.1) is 0 Å². The second kappa shape index (κ2) is 5.70. The molecule has 1 aromatic heterocycles. The molecule has 2 aromatic rings. The Bertz CT molecular complexity index is 565. The number of aromatic nitrogens is 2. The third-order valence-electron chi connectivity index (χ3n) is 4.25. The summed E-state index contributed by atoms with van der Waals surface area (Å²) in [5.74, 6) is 2.64. The summed E-state index contributed by atoms with van der Waals surface area (Å²) in [6, 6.07) is 10.3. The van der Waals surface area contributed by atoms with E-state index in [1.165, 1.54) is 31.5 Å². The van der Waals surface area contributed by atoms with Gasteiger partial charge in [-0.05, 0) is 19.3 Å². The molecule has 1 aromatic carbocycles. The molecule has 3 rings (SSSR count). The van der Waals surface area contributed by atoms with Crippen molar-refractivity contribution in [3.8, 4) is 11.3 Å². The third kappa shape index (κ3) is 2.33. The molecule has 1 aliphatic carbocycles. The standard InChI is InChI=1S/C17H23N3/c1-2-12-20-16(18)15(13-8-4-3-5-9-13)19-17(20)14-10-6-7-11-14/h3-5,8-9,14H,2,6-7,10-12,18H2,1H3. The normalized spacial score (nSPS) is 15.8. The van der Waals surface area contributed by atoms with Crippen molar-refractivity contribution in [3.63, 3.8) is 0 Å². The van der Waals surface area contributed by atoms with Crippen LogP contribution in [0.2, 0.25) is 0 Å². The number of imidazole rings is 1. The van der Waals surface area contributed by atoms with Gasteiger partial charge >= 0.3 is 0 Å². The van der Waals surface area contributed by atoms with Gasteiger partial charge in [-0.25, -0.2) is 4.98 Å². The van der Waals surface area contributed by atoms with Gasteiger partial charge in [-0.15, -0.1) is 0 Å². The fourth-order valence-electron chi connectivity index (χ4n) is 3.25. The van der Waals surface area contributed by atoms with Crippen LogP contribution in [0.4, 0.5) is 5.82 Å². The summed E-state index contributed by atoms with van der Waals surface area (Å²) in [6.45, 7) is 3.16. The van der Waals surface area contributed by atoms with Crippen LogP contribution in [0.15, 0.2) is 30.3 Å². The van der Waals surface area contributed by atoms with Crippen LogP contribution in [-0.2, 0) is 6.54 Å². The van der Waals surface area contributed by atoms with E-state index in [-0.39, 0.29) is 0 Å². The number of benzene rings is 1. The van der Waals surface area contributed by atoms with Crippen LogP contribution in [-0.4, -0.2) is 9.55 Å². The Kier molecular flexibility index (Phi) is 3.77. The Labute approximate surface area is 120 Å². The fraction of sp³-hybridized carbons (Fsp3) is 0.471. The molecule has 1 heterocycles. The monoisotopic (exact) mass is 269 g/mol. The number of nitrogen functional groups attached to an aromatic ring is 1. The summed E-state index contributed by atoms with van der Waals surface area (Å²) in [4.78, 5) is 4.92. The second-order valence-corrected chi connectivity index (χ2v) is 5.70. The molecule has 20 heavy (non-hydrogen) atoms. The molecule has 0 atom stereocenters. The van der Waals surface area contributed by atoms with Crippen molar-refractivity contribution in [3.05, 3.63) is 36.2 Å². The maximum absolute atomic E-state index is 6.39.